The van der Waals surface area contributed by atoms with Crippen LogP contribution in [0.4, 0.5) is 5.69 Å². The smallest absolute Gasteiger partial charge is 0.225 e. The van der Waals surface area contributed by atoms with Crippen molar-refractivity contribution in [2.24, 2.45) is 11.8 Å². The van der Waals surface area contributed by atoms with Crippen molar-refractivity contribution in [3.8, 4) is 0 Å². The lowest BCUT2D eigenvalue weighted by Crippen LogP contribution is -2.44. The van der Waals surface area contributed by atoms with E-state index in [2.05, 4.69) is 29.7 Å². The molecule has 0 saturated heterocycles. The Bertz CT molecular complexity index is 478. The van der Waals surface area contributed by atoms with Crippen LogP contribution in [-0.4, -0.2) is 18.5 Å². The van der Waals surface area contributed by atoms with E-state index in [1.54, 1.807) is 0 Å². The lowest BCUT2D eigenvalue weighted by Gasteiger charge is -2.30. The molecular formula is C17H24N2O. The number of anilines is 1. The molecule has 1 amide bonds. The average Bonchev–Trinajstić information content (AvgIpc) is 2.49. The third kappa shape index (κ3) is 2.97. The van der Waals surface area contributed by atoms with Gasteiger partial charge in [-0.05, 0) is 49.7 Å². The van der Waals surface area contributed by atoms with Gasteiger partial charge in [-0.15, -0.1) is 0 Å². The molecule has 3 rings (SSSR count). The van der Waals surface area contributed by atoms with Crippen molar-refractivity contribution in [2.75, 3.05) is 11.9 Å². The fraction of sp³-hybridized carbons (Fsp3) is 0.588. The summed E-state index contributed by atoms with van der Waals surface area (Å²) < 4.78 is 0. The van der Waals surface area contributed by atoms with Gasteiger partial charge in [0.25, 0.3) is 0 Å². The van der Waals surface area contributed by atoms with Gasteiger partial charge in [-0.3, -0.25) is 4.79 Å². The van der Waals surface area contributed by atoms with Crippen molar-refractivity contribution < 1.29 is 4.79 Å². The van der Waals surface area contributed by atoms with Crippen LogP contribution in [0.25, 0.3) is 0 Å². The molecule has 108 valence electrons. The van der Waals surface area contributed by atoms with Crippen molar-refractivity contribution in [3.63, 3.8) is 0 Å². The van der Waals surface area contributed by atoms with Crippen molar-refractivity contribution >= 4 is 11.6 Å². The van der Waals surface area contributed by atoms with Crippen LogP contribution in [0.15, 0.2) is 24.3 Å². The second-order valence-corrected chi connectivity index (χ2v) is 6.40. The Morgan fingerprint density at radius 1 is 1.20 bits per heavy atom. The second kappa shape index (κ2) is 5.86. The molecule has 1 aliphatic carbocycles. The second-order valence-electron chi connectivity index (χ2n) is 6.40. The minimum Gasteiger partial charge on any atom is -0.384 e. The predicted octanol–water partition coefficient (Wildman–Crippen LogP) is 2.97. The molecular weight excluding hydrogens is 248 g/mol. The summed E-state index contributed by atoms with van der Waals surface area (Å²) in [6.07, 6.45) is 5.64. The molecule has 0 bridgehead atoms. The molecule has 1 fully saturated rings. The largest absolute Gasteiger partial charge is 0.384 e. The molecule has 0 aromatic heterocycles. The van der Waals surface area contributed by atoms with Gasteiger partial charge in [-0.2, -0.15) is 0 Å². The molecule has 1 heterocycles. The van der Waals surface area contributed by atoms with Gasteiger partial charge < -0.3 is 10.6 Å². The van der Waals surface area contributed by atoms with Crippen LogP contribution >= 0.6 is 0 Å². The Labute approximate surface area is 121 Å². The van der Waals surface area contributed by atoms with Crippen LogP contribution in [0.2, 0.25) is 0 Å². The van der Waals surface area contributed by atoms with Gasteiger partial charge >= 0.3 is 0 Å². The summed E-state index contributed by atoms with van der Waals surface area (Å²) >= 11 is 0. The molecule has 1 aliphatic heterocycles. The van der Waals surface area contributed by atoms with Crippen LogP contribution in [-0.2, 0) is 11.2 Å². The highest BCUT2D eigenvalue weighted by molar-refractivity contribution is 5.81. The molecule has 1 aromatic carbocycles. The molecule has 3 heteroatoms. The number of amides is 1. The molecule has 1 aromatic rings. The Kier molecular flexibility index (Phi) is 3.95. The van der Waals surface area contributed by atoms with E-state index in [0.717, 1.165) is 31.7 Å². The van der Waals surface area contributed by atoms with E-state index in [1.807, 2.05) is 12.1 Å². The molecule has 2 N–H and O–H groups in total. The van der Waals surface area contributed by atoms with E-state index in [-0.39, 0.29) is 11.8 Å². The molecule has 3 nitrogen and oxygen atoms in total. The lowest BCUT2D eigenvalue weighted by atomic mass is 9.86. The molecule has 1 saturated carbocycles. The van der Waals surface area contributed by atoms with Gasteiger partial charge in [0.1, 0.15) is 0 Å². The third-order valence-electron chi connectivity index (χ3n) is 4.76. The first-order chi connectivity index (χ1) is 9.72. The average molecular weight is 272 g/mol. The van der Waals surface area contributed by atoms with E-state index < -0.39 is 0 Å². The summed E-state index contributed by atoms with van der Waals surface area (Å²) in [6, 6.07) is 8.69. The highest BCUT2D eigenvalue weighted by Crippen LogP contribution is 2.26. The Morgan fingerprint density at radius 2 is 1.95 bits per heavy atom. The van der Waals surface area contributed by atoms with Crippen LogP contribution in [0.1, 0.15) is 38.2 Å². The number of rotatable bonds is 2. The van der Waals surface area contributed by atoms with Gasteiger partial charge in [-0.25, -0.2) is 0 Å². The summed E-state index contributed by atoms with van der Waals surface area (Å²) in [6.45, 7) is 3.06. The Morgan fingerprint density at radius 3 is 2.75 bits per heavy atom. The molecule has 0 radical (unpaired) electrons. The maximum atomic E-state index is 12.4. The Balaban J connectivity index is 1.56. The third-order valence-corrected chi connectivity index (χ3v) is 4.76. The minimum atomic E-state index is 0.0734. The summed E-state index contributed by atoms with van der Waals surface area (Å²) in [7, 11) is 0. The zero-order valence-corrected chi connectivity index (χ0v) is 12.2. The molecule has 1 unspecified atom stereocenters. The van der Waals surface area contributed by atoms with E-state index in [0.29, 0.717) is 6.04 Å². The number of nitrogens with one attached hydrogen (secondary N) is 2. The van der Waals surface area contributed by atoms with E-state index in [9.17, 15) is 4.79 Å². The van der Waals surface area contributed by atoms with Gasteiger partial charge in [0.05, 0.1) is 5.92 Å². The molecule has 2 aliphatic rings. The molecule has 0 spiro atoms. The van der Waals surface area contributed by atoms with Gasteiger partial charge in [0.15, 0.2) is 0 Å². The molecule has 20 heavy (non-hydrogen) atoms. The quantitative estimate of drug-likeness (QED) is 0.869. The number of para-hydroxylation sites is 1. The summed E-state index contributed by atoms with van der Waals surface area (Å²) in [5.41, 5.74) is 2.44. The van der Waals surface area contributed by atoms with Crippen LogP contribution in [0, 0.1) is 11.8 Å². The van der Waals surface area contributed by atoms with Crippen molar-refractivity contribution in [2.45, 2.75) is 45.1 Å². The number of hydrogen-bond donors (Lipinski definition) is 2. The fourth-order valence-corrected chi connectivity index (χ4v) is 3.35. The van der Waals surface area contributed by atoms with E-state index in [4.69, 9.17) is 0 Å². The monoisotopic (exact) mass is 272 g/mol. The fourth-order valence-electron chi connectivity index (χ4n) is 3.35. The number of fused-ring (bicyclic) bond motifs is 1. The summed E-state index contributed by atoms with van der Waals surface area (Å²) in [4.78, 5) is 12.4. The van der Waals surface area contributed by atoms with Gasteiger partial charge in [0, 0.05) is 18.3 Å². The van der Waals surface area contributed by atoms with Crippen LogP contribution < -0.4 is 10.6 Å². The topological polar surface area (TPSA) is 41.1 Å². The highest BCUT2D eigenvalue weighted by Gasteiger charge is 2.27. The van der Waals surface area contributed by atoms with Crippen molar-refractivity contribution in [1.82, 2.24) is 5.32 Å². The SMILES string of the molecule is CC1CCC(NC(=O)C2CNc3ccccc3C2)CC1. The zero-order chi connectivity index (χ0) is 13.9. The predicted molar refractivity (Wildman–Crippen MR) is 81.7 cm³/mol. The maximum absolute atomic E-state index is 12.4. The lowest BCUT2D eigenvalue weighted by molar-refractivity contribution is -0.125. The van der Waals surface area contributed by atoms with Crippen molar-refractivity contribution in [1.29, 1.82) is 0 Å². The first-order valence-electron chi connectivity index (χ1n) is 7.84. The number of carbonyl (C=O) groups is 1. The minimum absolute atomic E-state index is 0.0734. The summed E-state index contributed by atoms with van der Waals surface area (Å²) in [5.74, 6) is 1.13. The number of hydrogen-bond acceptors (Lipinski definition) is 2. The summed E-state index contributed by atoms with van der Waals surface area (Å²) in [5, 5.41) is 6.64. The molecule has 1 atom stereocenters. The van der Waals surface area contributed by atoms with E-state index >= 15 is 0 Å². The van der Waals surface area contributed by atoms with Crippen LogP contribution in [0.5, 0.6) is 0 Å². The van der Waals surface area contributed by atoms with Gasteiger partial charge in [-0.1, -0.05) is 25.1 Å². The maximum Gasteiger partial charge on any atom is 0.225 e. The van der Waals surface area contributed by atoms with Gasteiger partial charge in [0.2, 0.25) is 5.91 Å². The first kappa shape index (κ1) is 13.5. The Hall–Kier alpha value is -1.51. The number of benzene rings is 1. The number of carbonyl (C=O) groups excluding carboxylic acids is 1. The van der Waals surface area contributed by atoms with Crippen LogP contribution in [0.3, 0.4) is 0 Å². The zero-order valence-electron chi connectivity index (χ0n) is 12.2. The van der Waals surface area contributed by atoms with E-state index in [1.165, 1.54) is 24.1 Å². The normalized spacial score (nSPS) is 29.1. The van der Waals surface area contributed by atoms with Crippen molar-refractivity contribution in [3.05, 3.63) is 29.8 Å². The highest BCUT2D eigenvalue weighted by atomic mass is 16.2. The first-order valence-corrected chi connectivity index (χ1v) is 7.84. The standard InChI is InChI=1S/C17H24N2O/c1-12-6-8-15(9-7-12)19-17(20)14-10-13-4-2-3-5-16(13)18-11-14/h2-5,12,14-15,18H,6-11H2,1H3,(H,19,20).